The van der Waals surface area contributed by atoms with Crippen molar-refractivity contribution >= 4 is 15.9 Å². The van der Waals surface area contributed by atoms with Gasteiger partial charge in [-0.2, -0.15) is 5.10 Å². The first-order chi connectivity index (χ1) is 7.68. The summed E-state index contributed by atoms with van der Waals surface area (Å²) in [6, 6.07) is 0.442. The highest BCUT2D eigenvalue weighted by atomic mass is 79.9. The molecule has 1 saturated heterocycles. The van der Waals surface area contributed by atoms with Gasteiger partial charge in [0.05, 0.1) is 16.4 Å². The standard InChI is InChI=1S/C12H20BrN3/c1-9(2)16-12(11(13)8-15-16)6-10-4-3-5-14-7-10/h8-10,14H,3-7H2,1-2H3. The van der Waals surface area contributed by atoms with E-state index in [4.69, 9.17) is 0 Å². The smallest absolute Gasteiger partial charge is 0.0635 e. The molecular formula is C12H20BrN3. The Morgan fingerprint density at radius 2 is 2.44 bits per heavy atom. The van der Waals surface area contributed by atoms with Crippen molar-refractivity contribution in [3.05, 3.63) is 16.4 Å². The molecule has 1 aliphatic heterocycles. The molecule has 0 spiro atoms. The van der Waals surface area contributed by atoms with E-state index in [1.807, 2.05) is 6.20 Å². The summed E-state index contributed by atoms with van der Waals surface area (Å²) in [5.74, 6) is 0.763. The molecule has 2 heterocycles. The molecule has 3 nitrogen and oxygen atoms in total. The summed E-state index contributed by atoms with van der Waals surface area (Å²) in [4.78, 5) is 0. The maximum absolute atomic E-state index is 4.43. The molecule has 0 bridgehead atoms. The second kappa shape index (κ2) is 5.32. The molecule has 1 aromatic heterocycles. The summed E-state index contributed by atoms with van der Waals surface area (Å²) >= 11 is 3.61. The maximum atomic E-state index is 4.43. The summed E-state index contributed by atoms with van der Waals surface area (Å²) in [6.45, 7) is 6.70. The van der Waals surface area contributed by atoms with Gasteiger partial charge in [0.1, 0.15) is 0 Å². The fraction of sp³-hybridized carbons (Fsp3) is 0.750. The first-order valence-corrected chi connectivity index (χ1v) is 6.90. The van der Waals surface area contributed by atoms with Crippen molar-refractivity contribution in [1.82, 2.24) is 15.1 Å². The third kappa shape index (κ3) is 2.66. The molecule has 16 heavy (non-hydrogen) atoms. The van der Waals surface area contributed by atoms with Crippen LogP contribution in [0.4, 0.5) is 0 Å². The van der Waals surface area contributed by atoms with Crippen LogP contribution in [0.1, 0.15) is 38.4 Å². The van der Waals surface area contributed by atoms with E-state index >= 15 is 0 Å². The molecule has 90 valence electrons. The lowest BCUT2D eigenvalue weighted by molar-refractivity contribution is 0.362. The highest BCUT2D eigenvalue weighted by Crippen LogP contribution is 2.24. The van der Waals surface area contributed by atoms with Gasteiger partial charge in [-0.05, 0) is 68.0 Å². The lowest BCUT2D eigenvalue weighted by atomic mass is 9.94. The van der Waals surface area contributed by atoms with Crippen LogP contribution in [0, 0.1) is 5.92 Å². The van der Waals surface area contributed by atoms with Crippen molar-refractivity contribution in [1.29, 1.82) is 0 Å². The van der Waals surface area contributed by atoms with E-state index in [9.17, 15) is 0 Å². The number of hydrogen-bond donors (Lipinski definition) is 1. The molecule has 0 aromatic carbocycles. The van der Waals surface area contributed by atoms with Crippen LogP contribution in [0.3, 0.4) is 0 Å². The van der Waals surface area contributed by atoms with Crippen LogP contribution >= 0.6 is 15.9 Å². The maximum Gasteiger partial charge on any atom is 0.0635 e. The Labute approximate surface area is 106 Å². The number of hydrogen-bond acceptors (Lipinski definition) is 2. The molecule has 0 amide bonds. The second-order valence-electron chi connectivity index (χ2n) is 4.89. The fourth-order valence-corrected chi connectivity index (χ4v) is 2.81. The molecule has 4 heteroatoms. The highest BCUT2D eigenvalue weighted by Gasteiger charge is 2.18. The van der Waals surface area contributed by atoms with Crippen molar-refractivity contribution in [2.24, 2.45) is 5.92 Å². The van der Waals surface area contributed by atoms with Gasteiger partial charge >= 0.3 is 0 Å². The average Bonchev–Trinajstić information content (AvgIpc) is 2.62. The summed E-state index contributed by atoms with van der Waals surface area (Å²) < 4.78 is 3.30. The molecule has 2 rings (SSSR count). The Morgan fingerprint density at radius 3 is 3.06 bits per heavy atom. The van der Waals surface area contributed by atoms with Crippen molar-refractivity contribution in [3.63, 3.8) is 0 Å². The minimum Gasteiger partial charge on any atom is -0.316 e. The first-order valence-electron chi connectivity index (χ1n) is 6.11. The average molecular weight is 286 g/mol. The third-order valence-corrected chi connectivity index (χ3v) is 3.88. The zero-order valence-electron chi connectivity index (χ0n) is 10.0. The van der Waals surface area contributed by atoms with Gasteiger partial charge in [0.15, 0.2) is 0 Å². The van der Waals surface area contributed by atoms with Crippen LogP contribution < -0.4 is 5.32 Å². The lowest BCUT2D eigenvalue weighted by Crippen LogP contribution is -2.31. The molecule has 0 radical (unpaired) electrons. The van der Waals surface area contributed by atoms with Crippen LogP contribution in [0.2, 0.25) is 0 Å². The van der Waals surface area contributed by atoms with E-state index in [0.29, 0.717) is 6.04 Å². The molecule has 0 saturated carbocycles. The SMILES string of the molecule is CC(C)n1ncc(Br)c1CC1CCCNC1. The number of halogens is 1. The molecule has 1 aromatic rings. The van der Waals surface area contributed by atoms with E-state index < -0.39 is 0 Å². The van der Waals surface area contributed by atoms with Gasteiger partial charge in [-0.1, -0.05) is 0 Å². The van der Waals surface area contributed by atoms with Gasteiger partial charge in [0.2, 0.25) is 0 Å². The highest BCUT2D eigenvalue weighted by molar-refractivity contribution is 9.10. The summed E-state index contributed by atoms with van der Waals surface area (Å²) in [7, 11) is 0. The first kappa shape index (κ1) is 12.1. The van der Waals surface area contributed by atoms with Crippen molar-refractivity contribution in [2.75, 3.05) is 13.1 Å². The Hall–Kier alpha value is -0.350. The van der Waals surface area contributed by atoms with E-state index in [1.165, 1.54) is 25.1 Å². The lowest BCUT2D eigenvalue weighted by Gasteiger charge is -2.23. The Kier molecular flexibility index (Phi) is 4.03. The van der Waals surface area contributed by atoms with E-state index in [2.05, 4.69) is 44.9 Å². The van der Waals surface area contributed by atoms with Crippen LogP contribution in [0.5, 0.6) is 0 Å². The minimum atomic E-state index is 0.442. The quantitative estimate of drug-likeness (QED) is 0.926. The van der Waals surface area contributed by atoms with Gasteiger partial charge in [-0.15, -0.1) is 0 Å². The van der Waals surface area contributed by atoms with Gasteiger partial charge in [-0.25, -0.2) is 0 Å². The molecule has 1 N–H and O–H groups in total. The Bertz CT molecular complexity index is 340. The van der Waals surface area contributed by atoms with Gasteiger partial charge in [0.25, 0.3) is 0 Å². The largest absolute Gasteiger partial charge is 0.316 e. The Balaban J connectivity index is 2.09. The molecule has 1 atom stereocenters. The molecule has 1 unspecified atom stereocenters. The summed E-state index contributed by atoms with van der Waals surface area (Å²) in [6.07, 6.45) is 5.69. The summed E-state index contributed by atoms with van der Waals surface area (Å²) in [5, 5.41) is 7.90. The van der Waals surface area contributed by atoms with Crippen LogP contribution in [0.15, 0.2) is 10.7 Å². The molecule has 0 aliphatic carbocycles. The fourth-order valence-electron chi connectivity index (χ4n) is 2.37. The number of aromatic nitrogens is 2. The minimum absolute atomic E-state index is 0.442. The molecular weight excluding hydrogens is 266 g/mol. The predicted octanol–water partition coefficient (Wildman–Crippen LogP) is 2.77. The summed E-state index contributed by atoms with van der Waals surface area (Å²) in [5.41, 5.74) is 1.35. The van der Waals surface area contributed by atoms with E-state index in [0.717, 1.165) is 23.4 Å². The zero-order chi connectivity index (χ0) is 11.5. The monoisotopic (exact) mass is 285 g/mol. The van der Waals surface area contributed by atoms with Crippen molar-refractivity contribution in [2.45, 2.75) is 39.2 Å². The molecule has 1 aliphatic rings. The topological polar surface area (TPSA) is 29.9 Å². The van der Waals surface area contributed by atoms with E-state index in [1.54, 1.807) is 0 Å². The van der Waals surface area contributed by atoms with Crippen LogP contribution in [-0.4, -0.2) is 22.9 Å². The third-order valence-electron chi connectivity index (χ3n) is 3.22. The zero-order valence-corrected chi connectivity index (χ0v) is 11.6. The molecule has 1 fully saturated rings. The van der Waals surface area contributed by atoms with Crippen LogP contribution in [0.25, 0.3) is 0 Å². The Morgan fingerprint density at radius 1 is 1.62 bits per heavy atom. The second-order valence-corrected chi connectivity index (χ2v) is 5.75. The van der Waals surface area contributed by atoms with Gasteiger partial charge in [0, 0.05) is 6.04 Å². The van der Waals surface area contributed by atoms with E-state index in [-0.39, 0.29) is 0 Å². The normalized spacial score (nSPS) is 21.6. The number of rotatable bonds is 3. The number of nitrogens with one attached hydrogen (secondary N) is 1. The van der Waals surface area contributed by atoms with Gasteiger partial charge in [-0.3, -0.25) is 4.68 Å². The predicted molar refractivity (Wildman–Crippen MR) is 69.6 cm³/mol. The number of nitrogens with zero attached hydrogens (tertiary/aromatic N) is 2. The van der Waals surface area contributed by atoms with Crippen LogP contribution in [-0.2, 0) is 6.42 Å². The van der Waals surface area contributed by atoms with Crippen molar-refractivity contribution in [3.8, 4) is 0 Å². The van der Waals surface area contributed by atoms with Crippen molar-refractivity contribution < 1.29 is 0 Å². The number of piperidine rings is 1. The van der Waals surface area contributed by atoms with Gasteiger partial charge < -0.3 is 5.32 Å².